The number of carbonyl (C=O) groups is 1. The molecule has 0 saturated carbocycles. The predicted octanol–water partition coefficient (Wildman–Crippen LogP) is 5.95. The second-order valence-electron chi connectivity index (χ2n) is 7.13. The van der Waals surface area contributed by atoms with E-state index in [1.165, 1.54) is 11.8 Å². The molecule has 2 aromatic carbocycles. The first-order valence-electron chi connectivity index (χ1n) is 9.87. The maximum atomic E-state index is 11.9. The number of rotatable bonds is 8. The minimum absolute atomic E-state index is 0.120. The van der Waals surface area contributed by atoms with Crippen LogP contribution in [0.5, 0.6) is 5.75 Å². The Hall–Kier alpha value is -3.05. The molecule has 1 atom stereocenters. The molecular weight excluding hydrogens is 400 g/mol. The molecule has 0 spiro atoms. The lowest BCUT2D eigenvalue weighted by Crippen LogP contribution is -2.24. The first-order chi connectivity index (χ1) is 14.5. The Morgan fingerprint density at radius 2 is 1.97 bits per heavy atom. The van der Waals surface area contributed by atoms with E-state index in [-0.39, 0.29) is 12.5 Å². The van der Waals surface area contributed by atoms with Crippen LogP contribution in [0.15, 0.2) is 64.1 Å². The molecular formula is C24H25ClN2O3. The molecule has 3 rings (SSSR count). The Morgan fingerprint density at radius 3 is 2.67 bits per heavy atom. The maximum Gasteiger partial charge on any atom is 0.277 e. The van der Waals surface area contributed by atoms with Crippen LogP contribution in [0.2, 0.25) is 5.02 Å². The number of aryl methyl sites for hydroxylation is 1. The molecule has 30 heavy (non-hydrogen) atoms. The number of carbonyl (C=O) groups excluding carboxylic acids is 1. The summed E-state index contributed by atoms with van der Waals surface area (Å²) >= 11 is 6.16. The highest BCUT2D eigenvalue weighted by Gasteiger charge is 2.07. The summed E-state index contributed by atoms with van der Waals surface area (Å²) in [6, 6.07) is 17.1. The average Bonchev–Trinajstić information content (AvgIpc) is 3.23. The molecule has 156 valence electrons. The van der Waals surface area contributed by atoms with Crippen molar-refractivity contribution >= 4 is 23.7 Å². The summed E-state index contributed by atoms with van der Waals surface area (Å²) < 4.78 is 11.2. The molecule has 1 N–H and O–H groups in total. The lowest BCUT2D eigenvalue weighted by Gasteiger charge is -2.10. The van der Waals surface area contributed by atoms with Crippen molar-refractivity contribution in [3.05, 3.63) is 76.5 Å². The topological polar surface area (TPSA) is 63.8 Å². The fraction of sp³-hybridized carbons (Fsp3) is 0.250. The van der Waals surface area contributed by atoms with Gasteiger partial charge in [0.05, 0.1) is 6.21 Å². The smallest absolute Gasteiger partial charge is 0.277 e. The summed E-state index contributed by atoms with van der Waals surface area (Å²) in [4.78, 5) is 11.9. The van der Waals surface area contributed by atoms with E-state index in [0.29, 0.717) is 28.2 Å². The standard InChI is InChI=1S/C24H25ClN2O3/c1-4-16(2)18-7-9-20(10-8-18)29-15-24(28)27-26-14-21-11-12-23(30-21)19-6-5-17(3)22(25)13-19/h5-14,16H,4,15H2,1-3H3,(H,27,28)/b26-14+/t16-/m0/s1. The number of nitrogens with zero attached hydrogens (tertiary/aromatic N) is 1. The summed E-state index contributed by atoms with van der Waals surface area (Å²) in [6.45, 7) is 6.16. The quantitative estimate of drug-likeness (QED) is 0.359. The fourth-order valence-electron chi connectivity index (χ4n) is 2.80. The van der Waals surface area contributed by atoms with Crippen molar-refractivity contribution in [1.82, 2.24) is 5.43 Å². The zero-order chi connectivity index (χ0) is 21.5. The molecule has 3 aromatic rings. The van der Waals surface area contributed by atoms with E-state index >= 15 is 0 Å². The first-order valence-corrected chi connectivity index (χ1v) is 10.2. The van der Waals surface area contributed by atoms with Gasteiger partial charge >= 0.3 is 0 Å². The van der Waals surface area contributed by atoms with Gasteiger partial charge in [0.1, 0.15) is 17.3 Å². The van der Waals surface area contributed by atoms with Gasteiger partial charge in [0.2, 0.25) is 0 Å². The van der Waals surface area contributed by atoms with Gasteiger partial charge in [-0.1, -0.05) is 49.7 Å². The van der Waals surface area contributed by atoms with Crippen molar-refractivity contribution < 1.29 is 13.9 Å². The highest BCUT2D eigenvalue weighted by molar-refractivity contribution is 6.31. The van der Waals surface area contributed by atoms with Crippen LogP contribution in [0.3, 0.4) is 0 Å². The summed E-state index contributed by atoms with van der Waals surface area (Å²) in [7, 11) is 0. The molecule has 1 heterocycles. The van der Waals surface area contributed by atoms with Crippen LogP contribution in [0, 0.1) is 6.92 Å². The average molecular weight is 425 g/mol. The zero-order valence-corrected chi connectivity index (χ0v) is 18.1. The number of benzene rings is 2. The van der Waals surface area contributed by atoms with E-state index in [0.717, 1.165) is 17.5 Å². The van der Waals surface area contributed by atoms with Crippen LogP contribution in [0.1, 0.15) is 43.1 Å². The summed E-state index contributed by atoms with van der Waals surface area (Å²) in [5.74, 6) is 1.99. The molecule has 5 nitrogen and oxygen atoms in total. The Labute approximate surface area is 181 Å². The molecule has 0 bridgehead atoms. The largest absolute Gasteiger partial charge is 0.484 e. The first kappa shape index (κ1) is 21.7. The fourth-order valence-corrected chi connectivity index (χ4v) is 2.98. The van der Waals surface area contributed by atoms with Crippen molar-refractivity contribution in [2.24, 2.45) is 5.10 Å². The van der Waals surface area contributed by atoms with Crippen LogP contribution in [-0.2, 0) is 4.79 Å². The minimum Gasteiger partial charge on any atom is -0.484 e. The number of hydrogen-bond acceptors (Lipinski definition) is 4. The summed E-state index contributed by atoms with van der Waals surface area (Å²) in [5, 5.41) is 4.60. The minimum atomic E-state index is -0.352. The number of hydrogen-bond donors (Lipinski definition) is 1. The predicted molar refractivity (Wildman–Crippen MR) is 120 cm³/mol. The van der Waals surface area contributed by atoms with E-state index < -0.39 is 0 Å². The van der Waals surface area contributed by atoms with Gasteiger partial charge in [0, 0.05) is 10.6 Å². The SMILES string of the molecule is CC[C@H](C)c1ccc(OCC(=O)N/N=C/c2ccc(-c3ccc(C)c(Cl)c3)o2)cc1. The molecule has 0 fully saturated rings. The van der Waals surface area contributed by atoms with Crippen molar-refractivity contribution in [2.45, 2.75) is 33.1 Å². The van der Waals surface area contributed by atoms with E-state index in [2.05, 4.69) is 24.4 Å². The third-order valence-corrected chi connectivity index (χ3v) is 5.30. The van der Waals surface area contributed by atoms with E-state index in [9.17, 15) is 4.79 Å². The third kappa shape index (κ3) is 5.74. The maximum absolute atomic E-state index is 11.9. The second kappa shape index (κ2) is 10.1. The van der Waals surface area contributed by atoms with Crippen molar-refractivity contribution in [2.75, 3.05) is 6.61 Å². The highest BCUT2D eigenvalue weighted by atomic mass is 35.5. The molecule has 0 aliphatic rings. The summed E-state index contributed by atoms with van der Waals surface area (Å²) in [5.41, 5.74) is 5.57. The Bertz CT molecular complexity index is 1030. The summed E-state index contributed by atoms with van der Waals surface area (Å²) in [6.07, 6.45) is 2.52. The van der Waals surface area contributed by atoms with Crippen LogP contribution in [0.25, 0.3) is 11.3 Å². The Kier molecular flexibility index (Phi) is 7.31. The van der Waals surface area contributed by atoms with E-state index in [4.69, 9.17) is 20.8 Å². The molecule has 0 unspecified atom stereocenters. The monoisotopic (exact) mass is 424 g/mol. The van der Waals surface area contributed by atoms with Crippen molar-refractivity contribution in [3.63, 3.8) is 0 Å². The number of halogens is 1. The third-order valence-electron chi connectivity index (χ3n) is 4.90. The van der Waals surface area contributed by atoms with Gasteiger partial charge in [0.15, 0.2) is 6.61 Å². The van der Waals surface area contributed by atoms with E-state index in [1.54, 1.807) is 6.07 Å². The van der Waals surface area contributed by atoms with Crippen molar-refractivity contribution in [1.29, 1.82) is 0 Å². The van der Waals surface area contributed by atoms with Gasteiger partial charge in [-0.15, -0.1) is 0 Å². The molecule has 6 heteroatoms. The van der Waals surface area contributed by atoms with Gasteiger partial charge in [0.25, 0.3) is 5.91 Å². The van der Waals surface area contributed by atoms with E-state index in [1.807, 2.05) is 55.5 Å². The van der Waals surface area contributed by atoms with Crippen LogP contribution in [0.4, 0.5) is 0 Å². The van der Waals surface area contributed by atoms with Gasteiger partial charge < -0.3 is 9.15 Å². The number of amides is 1. The molecule has 0 aliphatic heterocycles. The van der Waals surface area contributed by atoms with Crippen LogP contribution >= 0.6 is 11.6 Å². The Balaban J connectivity index is 1.49. The van der Waals surface area contributed by atoms with Crippen LogP contribution < -0.4 is 10.2 Å². The lowest BCUT2D eigenvalue weighted by molar-refractivity contribution is -0.123. The van der Waals surface area contributed by atoms with Gasteiger partial charge in [-0.05, 0) is 60.7 Å². The molecule has 0 aliphatic carbocycles. The highest BCUT2D eigenvalue weighted by Crippen LogP contribution is 2.26. The number of nitrogens with one attached hydrogen (secondary N) is 1. The number of furan rings is 1. The Morgan fingerprint density at radius 1 is 1.20 bits per heavy atom. The normalized spacial score (nSPS) is 12.1. The van der Waals surface area contributed by atoms with Gasteiger partial charge in [-0.25, -0.2) is 5.43 Å². The zero-order valence-electron chi connectivity index (χ0n) is 17.3. The molecule has 0 radical (unpaired) electrons. The molecule has 1 aromatic heterocycles. The molecule has 0 saturated heterocycles. The molecule has 1 amide bonds. The second-order valence-corrected chi connectivity index (χ2v) is 7.53. The van der Waals surface area contributed by atoms with Gasteiger partial charge in [-0.2, -0.15) is 5.10 Å². The number of ether oxygens (including phenoxy) is 1. The number of hydrazone groups is 1. The van der Waals surface area contributed by atoms with Crippen LogP contribution in [-0.4, -0.2) is 18.7 Å². The van der Waals surface area contributed by atoms with Gasteiger partial charge in [-0.3, -0.25) is 4.79 Å². The van der Waals surface area contributed by atoms with Crippen molar-refractivity contribution in [3.8, 4) is 17.1 Å². The lowest BCUT2D eigenvalue weighted by atomic mass is 9.99.